The predicted octanol–water partition coefficient (Wildman–Crippen LogP) is 5.10. The van der Waals surface area contributed by atoms with Crippen molar-refractivity contribution in [3.63, 3.8) is 0 Å². The van der Waals surface area contributed by atoms with E-state index in [-0.39, 0.29) is 23.8 Å². The second-order valence-corrected chi connectivity index (χ2v) is 5.78. The lowest BCUT2D eigenvalue weighted by molar-refractivity contribution is -0.116. The van der Waals surface area contributed by atoms with Gasteiger partial charge in [-0.1, -0.05) is 18.2 Å². The summed E-state index contributed by atoms with van der Waals surface area (Å²) in [7, 11) is 0. The van der Waals surface area contributed by atoms with E-state index in [2.05, 4.69) is 5.32 Å². The van der Waals surface area contributed by atoms with Gasteiger partial charge in [0.1, 0.15) is 23.2 Å². The molecule has 0 bridgehead atoms. The molecule has 128 valence electrons. The molecule has 0 radical (unpaired) electrons. The van der Waals surface area contributed by atoms with E-state index in [1.54, 1.807) is 43.3 Å². The average Bonchev–Trinajstić information content (AvgIpc) is 3.05. The molecule has 0 aliphatic heterocycles. The van der Waals surface area contributed by atoms with Gasteiger partial charge in [-0.3, -0.25) is 4.79 Å². The highest BCUT2D eigenvalue weighted by Crippen LogP contribution is 2.25. The first-order valence-corrected chi connectivity index (χ1v) is 7.92. The number of rotatable bonds is 5. The number of anilines is 1. The molecule has 0 saturated carbocycles. The fourth-order valence-electron chi connectivity index (χ4n) is 2.49. The number of carbonyl (C=O) groups excluding carboxylic acids is 1. The van der Waals surface area contributed by atoms with E-state index in [9.17, 15) is 13.6 Å². The Balaban J connectivity index is 1.60. The van der Waals surface area contributed by atoms with Crippen LogP contribution in [0.4, 0.5) is 14.5 Å². The molecule has 1 aromatic heterocycles. The van der Waals surface area contributed by atoms with Crippen molar-refractivity contribution in [1.82, 2.24) is 0 Å². The molecular weight excluding hydrogens is 324 g/mol. The predicted molar refractivity (Wildman–Crippen MR) is 92.2 cm³/mol. The van der Waals surface area contributed by atoms with Crippen LogP contribution in [0.15, 0.2) is 59.0 Å². The largest absolute Gasteiger partial charge is 0.461 e. The van der Waals surface area contributed by atoms with E-state index in [1.807, 2.05) is 0 Å². The second kappa shape index (κ2) is 7.30. The van der Waals surface area contributed by atoms with Gasteiger partial charge in [-0.25, -0.2) is 8.78 Å². The molecule has 0 aliphatic rings. The van der Waals surface area contributed by atoms with Gasteiger partial charge in [0.15, 0.2) is 0 Å². The Morgan fingerprint density at radius 2 is 1.84 bits per heavy atom. The Bertz CT molecular complexity index is 902. The number of carbonyl (C=O) groups is 1. The van der Waals surface area contributed by atoms with Gasteiger partial charge in [0.2, 0.25) is 5.91 Å². The molecule has 1 heterocycles. The summed E-state index contributed by atoms with van der Waals surface area (Å²) in [6.45, 7) is 1.78. The number of aryl methyl sites for hydroxylation is 2. The highest BCUT2D eigenvalue weighted by atomic mass is 19.1. The molecule has 3 nitrogen and oxygen atoms in total. The minimum absolute atomic E-state index is 0.136. The van der Waals surface area contributed by atoms with Gasteiger partial charge in [-0.15, -0.1) is 0 Å². The van der Waals surface area contributed by atoms with Crippen LogP contribution in [0.3, 0.4) is 0 Å². The van der Waals surface area contributed by atoms with Crippen LogP contribution in [0.25, 0.3) is 11.3 Å². The molecule has 3 rings (SSSR count). The maximum Gasteiger partial charge on any atom is 0.224 e. The van der Waals surface area contributed by atoms with Crippen LogP contribution in [0.1, 0.15) is 17.7 Å². The molecule has 5 heteroatoms. The van der Waals surface area contributed by atoms with E-state index in [1.165, 1.54) is 18.2 Å². The van der Waals surface area contributed by atoms with Crippen molar-refractivity contribution in [3.8, 4) is 11.3 Å². The number of hydrogen-bond donors (Lipinski definition) is 1. The summed E-state index contributed by atoms with van der Waals surface area (Å²) in [6, 6.07) is 14.3. The fraction of sp³-hybridized carbons (Fsp3) is 0.150. The van der Waals surface area contributed by atoms with Crippen LogP contribution in [0.2, 0.25) is 0 Å². The van der Waals surface area contributed by atoms with Gasteiger partial charge in [0.25, 0.3) is 0 Å². The highest BCUT2D eigenvalue weighted by Gasteiger charge is 2.11. The smallest absolute Gasteiger partial charge is 0.224 e. The zero-order valence-electron chi connectivity index (χ0n) is 13.7. The van der Waals surface area contributed by atoms with Crippen molar-refractivity contribution in [1.29, 1.82) is 0 Å². The average molecular weight is 341 g/mol. The molecular formula is C20H17F2NO2. The number of furan rings is 1. The molecule has 0 fully saturated rings. The molecule has 25 heavy (non-hydrogen) atoms. The molecule has 1 amide bonds. The first kappa shape index (κ1) is 16.9. The van der Waals surface area contributed by atoms with Crippen molar-refractivity contribution in [2.24, 2.45) is 0 Å². The van der Waals surface area contributed by atoms with E-state index < -0.39 is 5.82 Å². The standard InChI is InChI=1S/C20H17F2NO2/c1-13-6-9-18(17(22)12-13)23-20(24)11-8-14-7-10-19(25-14)15-4-2-3-5-16(15)21/h2-7,9-10,12H,8,11H2,1H3,(H,23,24). The third kappa shape index (κ3) is 4.12. The van der Waals surface area contributed by atoms with Crippen molar-refractivity contribution in [3.05, 3.63) is 77.6 Å². The lowest BCUT2D eigenvalue weighted by atomic mass is 10.1. The summed E-state index contributed by atoms with van der Waals surface area (Å²) in [5.74, 6) is -0.161. The fourth-order valence-corrected chi connectivity index (χ4v) is 2.49. The van der Waals surface area contributed by atoms with E-state index in [4.69, 9.17) is 4.42 Å². The molecule has 3 aromatic rings. The first-order valence-electron chi connectivity index (χ1n) is 7.92. The zero-order chi connectivity index (χ0) is 17.8. The SMILES string of the molecule is Cc1ccc(NC(=O)CCc2ccc(-c3ccccc3F)o2)c(F)c1. The zero-order valence-corrected chi connectivity index (χ0v) is 13.7. The maximum atomic E-state index is 13.7. The number of hydrogen-bond acceptors (Lipinski definition) is 2. The quantitative estimate of drug-likeness (QED) is 0.701. The Morgan fingerprint density at radius 3 is 2.60 bits per heavy atom. The number of amides is 1. The monoisotopic (exact) mass is 341 g/mol. The van der Waals surface area contributed by atoms with Gasteiger partial charge in [0.05, 0.1) is 11.3 Å². The van der Waals surface area contributed by atoms with E-state index in [0.29, 0.717) is 23.5 Å². The third-order valence-electron chi connectivity index (χ3n) is 3.80. The van der Waals surface area contributed by atoms with Crippen molar-refractivity contribution >= 4 is 11.6 Å². The minimum atomic E-state index is -0.465. The van der Waals surface area contributed by atoms with Crippen LogP contribution in [0.5, 0.6) is 0 Å². The maximum absolute atomic E-state index is 13.7. The summed E-state index contributed by atoms with van der Waals surface area (Å²) in [6.07, 6.45) is 0.477. The highest BCUT2D eigenvalue weighted by molar-refractivity contribution is 5.90. The molecule has 0 atom stereocenters. The second-order valence-electron chi connectivity index (χ2n) is 5.78. The number of benzene rings is 2. The summed E-state index contributed by atoms with van der Waals surface area (Å²) >= 11 is 0. The van der Waals surface area contributed by atoms with Crippen LogP contribution < -0.4 is 5.32 Å². The molecule has 0 saturated heterocycles. The topological polar surface area (TPSA) is 42.2 Å². The lowest BCUT2D eigenvalue weighted by Crippen LogP contribution is -2.13. The molecule has 0 spiro atoms. The number of nitrogens with one attached hydrogen (secondary N) is 1. The van der Waals surface area contributed by atoms with Gasteiger partial charge >= 0.3 is 0 Å². The molecule has 0 unspecified atom stereocenters. The molecule has 2 aromatic carbocycles. The number of halogens is 2. The Hall–Kier alpha value is -2.95. The van der Waals surface area contributed by atoms with Crippen molar-refractivity contribution in [2.45, 2.75) is 19.8 Å². The van der Waals surface area contributed by atoms with Crippen LogP contribution in [-0.4, -0.2) is 5.91 Å². The summed E-state index contributed by atoms with van der Waals surface area (Å²) in [5.41, 5.74) is 1.31. The third-order valence-corrected chi connectivity index (χ3v) is 3.80. The van der Waals surface area contributed by atoms with Crippen LogP contribution in [-0.2, 0) is 11.2 Å². The summed E-state index contributed by atoms with van der Waals surface area (Å²) < 4.78 is 33.1. The Morgan fingerprint density at radius 1 is 1.04 bits per heavy atom. The first-order chi connectivity index (χ1) is 12.0. The van der Waals surface area contributed by atoms with Crippen LogP contribution >= 0.6 is 0 Å². The van der Waals surface area contributed by atoms with Gasteiger partial charge in [-0.05, 0) is 48.9 Å². The normalized spacial score (nSPS) is 10.7. The summed E-state index contributed by atoms with van der Waals surface area (Å²) in [5, 5.41) is 2.54. The van der Waals surface area contributed by atoms with E-state index >= 15 is 0 Å². The molecule has 0 aliphatic carbocycles. The van der Waals surface area contributed by atoms with Crippen LogP contribution in [0, 0.1) is 18.6 Å². The van der Waals surface area contributed by atoms with Crippen molar-refractivity contribution < 1.29 is 18.0 Å². The van der Waals surface area contributed by atoms with Gasteiger partial charge < -0.3 is 9.73 Å². The Labute approximate surface area is 144 Å². The van der Waals surface area contributed by atoms with Gasteiger partial charge in [-0.2, -0.15) is 0 Å². The minimum Gasteiger partial charge on any atom is -0.461 e. The molecule has 1 N–H and O–H groups in total. The Kier molecular flexibility index (Phi) is 4.93. The van der Waals surface area contributed by atoms with Gasteiger partial charge in [0, 0.05) is 12.8 Å². The van der Waals surface area contributed by atoms with E-state index in [0.717, 1.165) is 5.56 Å². The lowest BCUT2D eigenvalue weighted by Gasteiger charge is -2.06. The summed E-state index contributed by atoms with van der Waals surface area (Å²) in [4.78, 5) is 12.0. The van der Waals surface area contributed by atoms with Crippen molar-refractivity contribution in [2.75, 3.05) is 5.32 Å².